The van der Waals surface area contributed by atoms with Gasteiger partial charge < -0.3 is 21.3 Å². The van der Waals surface area contributed by atoms with Crippen LogP contribution in [-0.2, 0) is 0 Å². The van der Waals surface area contributed by atoms with Gasteiger partial charge in [-0.25, -0.2) is 9.59 Å². The van der Waals surface area contributed by atoms with Gasteiger partial charge in [0, 0.05) is 49.3 Å². The molecule has 2 aromatic carbocycles. The Kier molecular flexibility index (Phi) is 10.5. The first-order valence-electron chi connectivity index (χ1n) is 24.3. The van der Waals surface area contributed by atoms with E-state index in [0.717, 1.165) is 74.3 Å². The molecule has 0 radical (unpaired) electrons. The van der Waals surface area contributed by atoms with Crippen LogP contribution in [0, 0.1) is 47.3 Å². The third kappa shape index (κ3) is 7.08. The predicted octanol–water partition coefficient (Wildman–Crippen LogP) is 9.56. The number of carbonyl (C=O) groups is 2. The van der Waals surface area contributed by atoms with Gasteiger partial charge in [0.15, 0.2) is 0 Å². The van der Waals surface area contributed by atoms with Crippen LogP contribution in [0.1, 0.15) is 162 Å². The van der Waals surface area contributed by atoms with Gasteiger partial charge >= 0.3 is 12.1 Å². The number of carbonyl (C=O) groups excluding carboxylic acids is 2. The summed E-state index contributed by atoms with van der Waals surface area (Å²) in [7, 11) is 0. The van der Waals surface area contributed by atoms with E-state index in [-0.39, 0.29) is 12.1 Å². The summed E-state index contributed by atoms with van der Waals surface area (Å²) in [6.07, 6.45) is 22.5. The van der Waals surface area contributed by atoms with E-state index in [1.54, 1.807) is 22.3 Å². The summed E-state index contributed by atoms with van der Waals surface area (Å²) in [5.74, 6) is 5.87. The van der Waals surface area contributed by atoms with E-state index >= 15 is 0 Å². The maximum absolute atomic E-state index is 13.1. The lowest BCUT2D eigenvalue weighted by Gasteiger charge is -2.35. The molecule has 0 aromatic heterocycles. The topological polar surface area (TPSA) is 88.7 Å². The van der Waals surface area contributed by atoms with Crippen molar-refractivity contribution in [3.8, 4) is 0 Å². The molecule has 4 aliphatic heterocycles. The number of amides is 4. The second-order valence-corrected chi connectivity index (χ2v) is 20.9. The highest BCUT2D eigenvalue weighted by Crippen LogP contribution is 2.62. The smallest absolute Gasteiger partial charge is 0.315 e. The van der Waals surface area contributed by atoms with Gasteiger partial charge in [0.1, 0.15) is 0 Å². The van der Waals surface area contributed by atoms with Crippen LogP contribution in [0.15, 0.2) is 48.5 Å². The largest absolute Gasteiger partial charge is 0.338 e. The maximum Gasteiger partial charge on any atom is 0.315 e. The second kappa shape index (κ2) is 16.1. The zero-order valence-electron chi connectivity index (χ0n) is 35.0. The molecule has 6 bridgehead atoms. The predicted molar refractivity (Wildman–Crippen MR) is 229 cm³/mol. The van der Waals surface area contributed by atoms with Crippen LogP contribution in [0.5, 0.6) is 0 Å². The van der Waals surface area contributed by atoms with Crippen molar-refractivity contribution in [2.24, 2.45) is 47.3 Å². The Morgan fingerprint density at radius 1 is 0.500 bits per heavy atom. The molecule has 5 aliphatic carbocycles. The zero-order valence-corrected chi connectivity index (χ0v) is 35.0. The average Bonchev–Trinajstić information content (AvgIpc) is 4.13. The van der Waals surface area contributed by atoms with Crippen LogP contribution in [0.25, 0.3) is 0 Å². The van der Waals surface area contributed by atoms with Gasteiger partial charge in [0.2, 0.25) is 0 Å². The molecular formula is C50H70N6O2. The first-order valence-corrected chi connectivity index (χ1v) is 24.3. The minimum absolute atomic E-state index is 0.0577. The van der Waals surface area contributed by atoms with Gasteiger partial charge in [0.25, 0.3) is 0 Å². The monoisotopic (exact) mass is 787 g/mol. The van der Waals surface area contributed by atoms with Crippen LogP contribution in [0.4, 0.5) is 9.59 Å². The van der Waals surface area contributed by atoms with Crippen LogP contribution in [0.3, 0.4) is 0 Å². The summed E-state index contributed by atoms with van der Waals surface area (Å²) in [4.78, 5) is 31.8. The molecule has 4 amide bonds. The lowest BCUT2D eigenvalue weighted by Crippen LogP contribution is -2.46. The number of nitrogens with one attached hydrogen (secondary N) is 4. The standard InChI is InChI=1S/C50H70N6O2/c57-49(53-36-14-9-31(10-15-36)23-25-55-44-19-20-45(55)39-6-2-1-5-38(39)44)51-29-33-13-18-42-43-28-34(48(33)42)27-35(43)30-52-50(58)54-37-16-11-32(12-17-37)24-26-56-46-21-22-47(56)41-8-4-3-7-40(41)46/h1-8,31-37,42-48H,9-30H2,(H2,51,53,57)(H2,52,54,58). The Labute approximate surface area is 347 Å². The molecule has 4 heterocycles. The highest BCUT2D eigenvalue weighted by molar-refractivity contribution is 5.74. The summed E-state index contributed by atoms with van der Waals surface area (Å²) in [6.45, 7) is 4.10. The molecule has 2 saturated heterocycles. The fourth-order valence-corrected chi connectivity index (χ4v) is 15.6. The number of hydrogen-bond acceptors (Lipinski definition) is 4. The second-order valence-electron chi connectivity index (χ2n) is 20.9. The van der Waals surface area contributed by atoms with Gasteiger partial charge in [-0.15, -0.1) is 0 Å². The number of urea groups is 2. The van der Waals surface area contributed by atoms with Crippen molar-refractivity contribution >= 4 is 12.1 Å². The third-order valence-corrected chi connectivity index (χ3v) is 18.3. The molecular weight excluding hydrogens is 717 g/mol. The number of fused-ring (bicyclic) bond motifs is 15. The van der Waals surface area contributed by atoms with E-state index in [1.807, 2.05) is 0 Å². The fraction of sp³-hybridized carbons (Fsp3) is 0.720. The Hall–Kier alpha value is -3.10. The molecule has 2 aromatic rings. The summed E-state index contributed by atoms with van der Waals surface area (Å²) in [5, 5.41) is 13.4. The Balaban J connectivity index is 0.556. The van der Waals surface area contributed by atoms with Gasteiger partial charge in [0.05, 0.1) is 0 Å². The molecule has 11 rings (SSSR count). The molecule has 5 saturated carbocycles. The van der Waals surface area contributed by atoms with Crippen molar-refractivity contribution in [3.63, 3.8) is 0 Å². The molecule has 8 nitrogen and oxygen atoms in total. The highest BCUT2D eigenvalue weighted by atomic mass is 16.2. The Morgan fingerprint density at radius 3 is 1.41 bits per heavy atom. The average molecular weight is 787 g/mol. The van der Waals surface area contributed by atoms with E-state index in [2.05, 4.69) is 79.6 Å². The van der Waals surface area contributed by atoms with Crippen molar-refractivity contribution < 1.29 is 9.59 Å². The molecule has 8 heteroatoms. The normalized spacial score (nSPS) is 39.4. The van der Waals surface area contributed by atoms with E-state index in [1.165, 1.54) is 103 Å². The maximum atomic E-state index is 13.1. The molecule has 9 aliphatic rings. The van der Waals surface area contributed by atoms with Gasteiger partial charge in [-0.05, 0) is 198 Å². The Bertz CT molecular complexity index is 1740. The van der Waals surface area contributed by atoms with E-state index in [9.17, 15) is 9.59 Å². The third-order valence-electron chi connectivity index (χ3n) is 18.3. The zero-order chi connectivity index (χ0) is 38.7. The minimum atomic E-state index is 0.0577. The SMILES string of the molecule is O=C(NCC1CC2CC1C1CCC(CNC(=O)NC3CCC(CCN4C5CCC4c4ccccc45)CC3)C21)NC1CCC(CCN2C3CCC2c2ccccc23)CC1. The lowest BCUT2D eigenvalue weighted by atomic mass is 9.73. The Morgan fingerprint density at radius 2 is 0.948 bits per heavy atom. The highest BCUT2D eigenvalue weighted by Gasteiger charge is 2.57. The molecule has 58 heavy (non-hydrogen) atoms. The minimum Gasteiger partial charge on any atom is -0.338 e. The van der Waals surface area contributed by atoms with Crippen molar-refractivity contribution in [1.29, 1.82) is 0 Å². The van der Waals surface area contributed by atoms with E-state index < -0.39 is 0 Å². The van der Waals surface area contributed by atoms with E-state index in [0.29, 0.717) is 48.1 Å². The summed E-state index contributed by atoms with van der Waals surface area (Å²) < 4.78 is 0. The van der Waals surface area contributed by atoms with Crippen molar-refractivity contribution in [2.75, 3.05) is 26.2 Å². The summed E-state index contributed by atoms with van der Waals surface area (Å²) >= 11 is 0. The molecule has 312 valence electrons. The van der Waals surface area contributed by atoms with Gasteiger partial charge in [-0.2, -0.15) is 0 Å². The lowest BCUT2D eigenvalue weighted by molar-refractivity contribution is 0.155. The molecule has 10 atom stereocenters. The van der Waals surface area contributed by atoms with Crippen LogP contribution in [0.2, 0.25) is 0 Å². The molecule has 0 spiro atoms. The van der Waals surface area contributed by atoms with Crippen molar-refractivity contribution in [2.45, 2.75) is 152 Å². The first-order chi connectivity index (χ1) is 28.5. The number of rotatable bonds is 12. The number of nitrogens with zero attached hydrogens (tertiary/aromatic N) is 2. The number of hydrogen-bond donors (Lipinski definition) is 4. The van der Waals surface area contributed by atoms with Crippen LogP contribution < -0.4 is 21.3 Å². The van der Waals surface area contributed by atoms with Crippen molar-refractivity contribution in [3.05, 3.63) is 70.8 Å². The fourth-order valence-electron chi connectivity index (χ4n) is 15.6. The van der Waals surface area contributed by atoms with Crippen molar-refractivity contribution in [1.82, 2.24) is 31.1 Å². The quantitative estimate of drug-likeness (QED) is 0.173. The van der Waals surface area contributed by atoms with Crippen LogP contribution in [-0.4, -0.2) is 60.1 Å². The van der Waals surface area contributed by atoms with Gasteiger partial charge in [-0.1, -0.05) is 48.5 Å². The summed E-state index contributed by atoms with van der Waals surface area (Å²) in [6, 6.07) is 21.7. The summed E-state index contributed by atoms with van der Waals surface area (Å²) in [5.41, 5.74) is 6.36. The molecule has 10 unspecified atom stereocenters. The number of benzene rings is 2. The molecule has 4 N–H and O–H groups in total. The van der Waals surface area contributed by atoms with Crippen LogP contribution >= 0.6 is 0 Å². The van der Waals surface area contributed by atoms with Gasteiger partial charge in [-0.3, -0.25) is 9.80 Å². The first kappa shape index (κ1) is 37.9. The van der Waals surface area contributed by atoms with E-state index in [4.69, 9.17) is 0 Å². The molecule has 7 fully saturated rings.